The summed E-state index contributed by atoms with van der Waals surface area (Å²) in [5, 5.41) is 13.1. The molecule has 0 atom stereocenters. The number of hydrogen-bond acceptors (Lipinski definition) is 6. The van der Waals surface area contributed by atoms with Gasteiger partial charge in [0.05, 0.1) is 18.4 Å². The van der Waals surface area contributed by atoms with E-state index in [4.69, 9.17) is 9.72 Å². The number of aromatic hydroxyl groups is 1. The lowest BCUT2D eigenvalue weighted by molar-refractivity contribution is -0.114. The number of para-hydroxylation sites is 1. The molecule has 1 heterocycles. The second kappa shape index (κ2) is 8.79. The molecule has 156 valence electrons. The molecule has 0 aliphatic heterocycles. The Balaban J connectivity index is 1.80. The van der Waals surface area contributed by atoms with Gasteiger partial charge in [0.2, 0.25) is 5.91 Å². The van der Waals surface area contributed by atoms with Crippen molar-refractivity contribution in [3.63, 3.8) is 0 Å². The van der Waals surface area contributed by atoms with Crippen LogP contribution in [0.3, 0.4) is 0 Å². The number of methoxy groups -OCH3 is 1. The van der Waals surface area contributed by atoms with E-state index in [2.05, 4.69) is 15.3 Å². The van der Waals surface area contributed by atoms with Gasteiger partial charge in [0.25, 0.3) is 0 Å². The van der Waals surface area contributed by atoms with Crippen molar-refractivity contribution in [3.05, 3.63) is 72.3 Å². The molecule has 0 spiro atoms. The fourth-order valence-corrected chi connectivity index (χ4v) is 3.31. The number of allylic oxidation sites excluding steroid dienone is 4. The van der Waals surface area contributed by atoms with E-state index in [-0.39, 0.29) is 11.7 Å². The molecule has 1 aliphatic rings. The number of rotatable bonds is 5. The van der Waals surface area contributed by atoms with Gasteiger partial charge in [-0.15, -0.1) is 0 Å². The monoisotopic (exact) mass is 414 g/mol. The third-order valence-electron chi connectivity index (χ3n) is 4.90. The van der Waals surface area contributed by atoms with E-state index in [1.165, 1.54) is 6.92 Å². The molecule has 0 unspecified atom stereocenters. The zero-order valence-corrected chi connectivity index (χ0v) is 17.3. The van der Waals surface area contributed by atoms with E-state index in [1.54, 1.807) is 37.4 Å². The van der Waals surface area contributed by atoms with Crippen molar-refractivity contribution < 1.29 is 14.6 Å². The first-order chi connectivity index (χ1) is 15.0. The number of hydrogen-bond donors (Lipinski definition) is 2. The topological polar surface area (TPSA) is 97.2 Å². The van der Waals surface area contributed by atoms with Crippen LogP contribution >= 0.6 is 0 Å². The summed E-state index contributed by atoms with van der Waals surface area (Å²) in [6, 6.07) is 14.2. The molecule has 0 radical (unpaired) electrons. The minimum atomic E-state index is -0.134. The lowest BCUT2D eigenvalue weighted by Crippen LogP contribution is -2.06. The van der Waals surface area contributed by atoms with Gasteiger partial charge in [0.15, 0.2) is 17.5 Å². The van der Waals surface area contributed by atoms with Crippen LogP contribution in [0.4, 0.5) is 5.69 Å². The number of phenolic OH excluding ortho intramolecular Hbond substituents is 1. The maximum atomic E-state index is 11.3. The highest BCUT2D eigenvalue weighted by molar-refractivity contribution is 5.88. The Bertz CT molecular complexity index is 1180. The number of benzene rings is 2. The molecule has 7 heteroatoms. The van der Waals surface area contributed by atoms with E-state index in [1.807, 2.05) is 30.4 Å². The first-order valence-corrected chi connectivity index (χ1v) is 9.90. The molecular formula is C24H22N4O3. The first kappa shape index (κ1) is 20.3. The van der Waals surface area contributed by atoms with E-state index < -0.39 is 0 Å². The molecule has 0 bridgehead atoms. The third-order valence-corrected chi connectivity index (χ3v) is 4.90. The van der Waals surface area contributed by atoms with Crippen LogP contribution in [0.5, 0.6) is 5.75 Å². The fourth-order valence-electron chi connectivity index (χ4n) is 3.31. The number of ether oxygens (including phenoxy) is 1. The van der Waals surface area contributed by atoms with Crippen molar-refractivity contribution in [1.82, 2.24) is 15.0 Å². The SMILES string of the molecule is COC1=CC=C(c2nc(-c3ccc(NC(C)=O)cc3)nc(-c3ccccc3O)n2)CC1. The van der Waals surface area contributed by atoms with E-state index in [0.717, 1.165) is 29.7 Å². The quantitative estimate of drug-likeness (QED) is 0.634. The molecule has 31 heavy (non-hydrogen) atoms. The smallest absolute Gasteiger partial charge is 0.221 e. The average Bonchev–Trinajstić information content (AvgIpc) is 2.79. The highest BCUT2D eigenvalue weighted by Crippen LogP contribution is 2.31. The number of anilines is 1. The lowest BCUT2D eigenvalue weighted by Gasteiger charge is -2.14. The summed E-state index contributed by atoms with van der Waals surface area (Å²) in [6.45, 7) is 1.46. The van der Waals surface area contributed by atoms with Gasteiger partial charge in [0.1, 0.15) is 5.75 Å². The van der Waals surface area contributed by atoms with Gasteiger partial charge in [-0.3, -0.25) is 4.79 Å². The Morgan fingerprint density at radius 2 is 1.65 bits per heavy atom. The van der Waals surface area contributed by atoms with Crippen LogP contribution < -0.4 is 5.32 Å². The summed E-state index contributed by atoms with van der Waals surface area (Å²) in [6.07, 6.45) is 5.38. The molecule has 1 aromatic heterocycles. The second-order valence-corrected chi connectivity index (χ2v) is 7.11. The van der Waals surface area contributed by atoms with E-state index >= 15 is 0 Å². The summed E-state index contributed by atoms with van der Waals surface area (Å²) >= 11 is 0. The molecule has 2 aromatic carbocycles. The van der Waals surface area contributed by atoms with Crippen molar-refractivity contribution in [2.24, 2.45) is 0 Å². The van der Waals surface area contributed by atoms with Crippen molar-refractivity contribution in [2.75, 3.05) is 12.4 Å². The number of amides is 1. The predicted octanol–water partition coefficient (Wildman–Crippen LogP) is 4.58. The van der Waals surface area contributed by atoms with Crippen LogP contribution in [0.15, 0.2) is 66.4 Å². The molecule has 2 N–H and O–H groups in total. The van der Waals surface area contributed by atoms with Gasteiger partial charge >= 0.3 is 0 Å². The minimum absolute atomic E-state index is 0.103. The molecule has 0 saturated heterocycles. The molecule has 4 rings (SSSR count). The van der Waals surface area contributed by atoms with Crippen molar-refractivity contribution in [3.8, 4) is 28.5 Å². The maximum Gasteiger partial charge on any atom is 0.221 e. The van der Waals surface area contributed by atoms with Crippen LogP contribution in [0.25, 0.3) is 28.3 Å². The molecule has 7 nitrogen and oxygen atoms in total. The summed E-state index contributed by atoms with van der Waals surface area (Å²) < 4.78 is 5.32. The van der Waals surface area contributed by atoms with Gasteiger partial charge in [0, 0.05) is 24.6 Å². The molecule has 0 saturated carbocycles. The largest absolute Gasteiger partial charge is 0.507 e. The molecular weight excluding hydrogens is 392 g/mol. The summed E-state index contributed by atoms with van der Waals surface area (Å²) in [4.78, 5) is 25.2. The van der Waals surface area contributed by atoms with Gasteiger partial charge < -0.3 is 15.2 Å². The molecule has 1 amide bonds. The normalized spacial score (nSPS) is 13.2. The Morgan fingerprint density at radius 1 is 0.935 bits per heavy atom. The number of phenols is 1. The number of carbonyl (C=O) groups is 1. The van der Waals surface area contributed by atoms with E-state index in [9.17, 15) is 9.90 Å². The van der Waals surface area contributed by atoms with Crippen LogP contribution in [-0.2, 0) is 9.53 Å². The average molecular weight is 414 g/mol. The van der Waals surface area contributed by atoms with Crippen LogP contribution in [0, 0.1) is 0 Å². The van der Waals surface area contributed by atoms with Gasteiger partial charge in [-0.1, -0.05) is 18.2 Å². The van der Waals surface area contributed by atoms with Crippen LogP contribution in [-0.4, -0.2) is 33.1 Å². The fraction of sp³-hybridized carbons (Fsp3) is 0.167. The van der Waals surface area contributed by atoms with Gasteiger partial charge in [-0.05, 0) is 54.5 Å². The molecule has 1 aliphatic carbocycles. The Kier molecular flexibility index (Phi) is 5.75. The first-order valence-electron chi connectivity index (χ1n) is 9.90. The van der Waals surface area contributed by atoms with Crippen molar-refractivity contribution in [2.45, 2.75) is 19.8 Å². The zero-order chi connectivity index (χ0) is 21.8. The number of carbonyl (C=O) groups excluding carboxylic acids is 1. The Labute approximate surface area is 180 Å². The van der Waals surface area contributed by atoms with Gasteiger partial charge in [-0.25, -0.2) is 15.0 Å². The summed E-state index contributed by atoms with van der Waals surface area (Å²) in [7, 11) is 1.66. The second-order valence-electron chi connectivity index (χ2n) is 7.11. The summed E-state index contributed by atoms with van der Waals surface area (Å²) in [5.74, 6) is 2.31. The van der Waals surface area contributed by atoms with Crippen LogP contribution in [0.1, 0.15) is 25.6 Å². The van der Waals surface area contributed by atoms with Crippen molar-refractivity contribution in [1.29, 1.82) is 0 Å². The number of aromatic nitrogens is 3. The number of nitrogens with zero attached hydrogens (tertiary/aromatic N) is 3. The van der Waals surface area contributed by atoms with Crippen LogP contribution in [0.2, 0.25) is 0 Å². The minimum Gasteiger partial charge on any atom is -0.507 e. The molecule has 0 fully saturated rings. The third kappa shape index (κ3) is 4.61. The van der Waals surface area contributed by atoms with E-state index in [0.29, 0.717) is 28.7 Å². The number of nitrogens with one attached hydrogen (secondary N) is 1. The highest BCUT2D eigenvalue weighted by atomic mass is 16.5. The Morgan fingerprint density at radius 3 is 2.29 bits per heavy atom. The molecule has 3 aromatic rings. The lowest BCUT2D eigenvalue weighted by atomic mass is 10.0. The van der Waals surface area contributed by atoms with Gasteiger partial charge in [-0.2, -0.15) is 0 Å². The van der Waals surface area contributed by atoms with Crippen molar-refractivity contribution >= 4 is 17.2 Å². The summed E-state index contributed by atoms with van der Waals surface area (Å²) in [5.41, 5.74) is 2.97. The maximum absolute atomic E-state index is 11.3. The predicted molar refractivity (Wildman–Crippen MR) is 119 cm³/mol. The highest BCUT2D eigenvalue weighted by Gasteiger charge is 2.17. The Hall–Kier alpha value is -4.00. The standard InChI is InChI=1S/C24H22N4O3/c1-15(29)25-18-11-7-16(8-12-18)22-26-23(17-9-13-19(31-2)14-10-17)28-24(27-22)20-5-3-4-6-21(20)30/h3-9,11-13,30H,10,14H2,1-2H3,(H,25,29). The zero-order valence-electron chi connectivity index (χ0n) is 17.3.